The second kappa shape index (κ2) is 11.3. The summed E-state index contributed by atoms with van der Waals surface area (Å²) in [5.74, 6) is 0.565. The fraction of sp³-hybridized carbons (Fsp3) is 0.182. The van der Waals surface area contributed by atoms with Crippen molar-refractivity contribution in [3.8, 4) is 5.75 Å². The molecular weight excluding hydrogens is 500 g/mol. The average Bonchev–Trinajstić information content (AvgIpc) is 2.72. The molecule has 1 N–H and O–H groups in total. The van der Waals surface area contributed by atoms with Gasteiger partial charge in [0.15, 0.2) is 5.16 Å². The molecule has 1 amide bonds. The highest BCUT2D eigenvalue weighted by atomic mass is 79.9. The topological polar surface area (TPSA) is 76.5 Å². The fourth-order valence-corrected chi connectivity index (χ4v) is 3.83. The van der Waals surface area contributed by atoms with Crippen LogP contribution in [0.1, 0.15) is 22.5 Å². The lowest BCUT2D eigenvalue weighted by molar-refractivity contribution is -0.118. The molecule has 3 aromatic rings. The summed E-state index contributed by atoms with van der Waals surface area (Å²) in [6.07, 6.45) is 1.55. The van der Waals surface area contributed by atoms with E-state index < -0.39 is 0 Å². The SMILES string of the molecule is Cc1cc(C)nc(SCC(=O)N/N=C\c2cc(Br)ccc2OCc2ccc(Cl)cc2)n1. The first-order chi connectivity index (χ1) is 14.9. The Morgan fingerprint density at radius 1 is 1.16 bits per heavy atom. The summed E-state index contributed by atoms with van der Waals surface area (Å²) >= 11 is 10.6. The zero-order valence-corrected chi connectivity index (χ0v) is 20.1. The van der Waals surface area contributed by atoms with Gasteiger partial charge in [0, 0.05) is 26.4 Å². The molecule has 0 aliphatic heterocycles. The summed E-state index contributed by atoms with van der Waals surface area (Å²) in [5, 5.41) is 5.31. The predicted molar refractivity (Wildman–Crippen MR) is 128 cm³/mol. The van der Waals surface area contributed by atoms with E-state index >= 15 is 0 Å². The van der Waals surface area contributed by atoms with Crippen LogP contribution in [0, 0.1) is 13.8 Å². The van der Waals surface area contributed by atoms with E-state index in [0.29, 0.717) is 22.5 Å². The summed E-state index contributed by atoms with van der Waals surface area (Å²) in [7, 11) is 0. The van der Waals surface area contributed by atoms with Crippen molar-refractivity contribution in [2.75, 3.05) is 5.75 Å². The minimum atomic E-state index is -0.248. The third-order valence-electron chi connectivity index (χ3n) is 3.97. The van der Waals surface area contributed by atoms with Crippen LogP contribution in [-0.2, 0) is 11.4 Å². The number of carbonyl (C=O) groups is 1. The Bertz CT molecular complexity index is 1070. The van der Waals surface area contributed by atoms with Crippen molar-refractivity contribution in [2.24, 2.45) is 5.10 Å². The molecule has 31 heavy (non-hydrogen) atoms. The lowest BCUT2D eigenvalue weighted by Crippen LogP contribution is -2.20. The standard InChI is InChI=1S/C22H20BrClN4O2S/c1-14-9-15(2)27-22(26-14)31-13-21(29)28-25-11-17-10-18(23)5-8-20(17)30-12-16-3-6-19(24)7-4-16/h3-11H,12-13H2,1-2H3,(H,28,29)/b25-11-. The Kier molecular flexibility index (Phi) is 8.45. The largest absolute Gasteiger partial charge is 0.488 e. The first-order valence-corrected chi connectivity index (χ1v) is 11.5. The average molecular weight is 520 g/mol. The molecule has 0 fully saturated rings. The van der Waals surface area contributed by atoms with Crippen LogP contribution in [0.2, 0.25) is 5.02 Å². The quantitative estimate of drug-likeness (QED) is 0.188. The van der Waals surface area contributed by atoms with Gasteiger partial charge in [0.25, 0.3) is 5.91 Å². The van der Waals surface area contributed by atoms with Crippen molar-refractivity contribution in [3.05, 3.63) is 80.5 Å². The monoisotopic (exact) mass is 518 g/mol. The molecule has 9 heteroatoms. The zero-order chi connectivity index (χ0) is 22.2. The van der Waals surface area contributed by atoms with Crippen LogP contribution in [0.5, 0.6) is 5.75 Å². The molecule has 160 valence electrons. The first kappa shape index (κ1) is 23.2. The molecule has 0 bridgehead atoms. The highest BCUT2D eigenvalue weighted by Gasteiger charge is 2.07. The lowest BCUT2D eigenvalue weighted by atomic mass is 10.2. The van der Waals surface area contributed by atoms with Crippen molar-refractivity contribution in [3.63, 3.8) is 0 Å². The third kappa shape index (κ3) is 7.65. The molecular formula is C22H20BrClN4O2S. The number of hydrogen-bond donors (Lipinski definition) is 1. The van der Waals surface area contributed by atoms with E-state index in [4.69, 9.17) is 16.3 Å². The normalized spacial score (nSPS) is 11.0. The summed E-state index contributed by atoms with van der Waals surface area (Å²) < 4.78 is 6.79. The second-order valence-corrected chi connectivity index (χ2v) is 8.91. The number of aromatic nitrogens is 2. The number of halogens is 2. The van der Waals surface area contributed by atoms with Crippen LogP contribution in [-0.4, -0.2) is 27.8 Å². The smallest absolute Gasteiger partial charge is 0.250 e. The Labute approximate surface area is 198 Å². The molecule has 0 saturated heterocycles. The fourth-order valence-electron chi connectivity index (χ4n) is 2.59. The van der Waals surface area contributed by atoms with Crippen LogP contribution in [0.3, 0.4) is 0 Å². The number of nitrogens with one attached hydrogen (secondary N) is 1. The predicted octanol–water partition coefficient (Wildman–Crippen LogP) is 5.33. The number of aryl methyl sites for hydroxylation is 2. The molecule has 3 rings (SSSR count). The molecule has 6 nitrogen and oxygen atoms in total. The molecule has 0 aliphatic rings. The number of rotatable bonds is 8. The maximum absolute atomic E-state index is 12.1. The van der Waals surface area contributed by atoms with Crippen molar-refractivity contribution in [1.82, 2.24) is 15.4 Å². The summed E-state index contributed by atoms with van der Waals surface area (Å²) in [6, 6.07) is 14.9. The minimum absolute atomic E-state index is 0.165. The number of amides is 1. The van der Waals surface area contributed by atoms with E-state index in [1.54, 1.807) is 6.21 Å². The van der Waals surface area contributed by atoms with Gasteiger partial charge in [0.05, 0.1) is 12.0 Å². The van der Waals surface area contributed by atoms with Crippen LogP contribution in [0.15, 0.2) is 63.3 Å². The number of hydrogen-bond acceptors (Lipinski definition) is 6. The molecule has 0 atom stereocenters. The van der Waals surface area contributed by atoms with Gasteiger partial charge in [-0.3, -0.25) is 4.79 Å². The Balaban J connectivity index is 1.57. The Morgan fingerprint density at radius 2 is 1.87 bits per heavy atom. The van der Waals surface area contributed by atoms with E-state index in [9.17, 15) is 4.79 Å². The van der Waals surface area contributed by atoms with Gasteiger partial charge in [-0.25, -0.2) is 15.4 Å². The van der Waals surface area contributed by atoms with E-state index in [1.165, 1.54) is 11.8 Å². The van der Waals surface area contributed by atoms with Crippen molar-refractivity contribution < 1.29 is 9.53 Å². The number of ether oxygens (including phenoxy) is 1. The molecule has 0 radical (unpaired) electrons. The highest BCUT2D eigenvalue weighted by molar-refractivity contribution is 9.10. The number of nitrogens with zero attached hydrogens (tertiary/aromatic N) is 3. The number of thioether (sulfide) groups is 1. The molecule has 1 aromatic heterocycles. The van der Waals surface area contributed by atoms with Gasteiger partial charge in [0.2, 0.25) is 0 Å². The minimum Gasteiger partial charge on any atom is -0.488 e. The van der Waals surface area contributed by atoms with Crippen LogP contribution in [0.25, 0.3) is 0 Å². The van der Waals surface area contributed by atoms with Gasteiger partial charge in [-0.15, -0.1) is 0 Å². The van der Waals surface area contributed by atoms with Gasteiger partial charge in [-0.1, -0.05) is 51.4 Å². The van der Waals surface area contributed by atoms with E-state index in [0.717, 1.165) is 27.0 Å². The third-order valence-corrected chi connectivity index (χ3v) is 5.56. The molecule has 0 aliphatic carbocycles. The zero-order valence-electron chi connectivity index (χ0n) is 16.9. The van der Waals surface area contributed by atoms with Gasteiger partial charge in [0.1, 0.15) is 12.4 Å². The van der Waals surface area contributed by atoms with Crippen LogP contribution >= 0.6 is 39.3 Å². The van der Waals surface area contributed by atoms with E-state index in [1.807, 2.05) is 62.4 Å². The van der Waals surface area contributed by atoms with Crippen molar-refractivity contribution in [2.45, 2.75) is 25.6 Å². The van der Waals surface area contributed by atoms with Gasteiger partial charge in [-0.2, -0.15) is 5.10 Å². The number of benzene rings is 2. The number of hydrazone groups is 1. The van der Waals surface area contributed by atoms with Gasteiger partial charge >= 0.3 is 0 Å². The Morgan fingerprint density at radius 3 is 2.58 bits per heavy atom. The Hall–Kier alpha value is -2.42. The van der Waals surface area contributed by atoms with Crippen LogP contribution < -0.4 is 10.2 Å². The molecule has 0 saturated carbocycles. The van der Waals surface area contributed by atoms with E-state index in [-0.39, 0.29) is 11.7 Å². The summed E-state index contributed by atoms with van der Waals surface area (Å²) in [4.78, 5) is 20.7. The molecule has 0 spiro atoms. The maximum Gasteiger partial charge on any atom is 0.250 e. The first-order valence-electron chi connectivity index (χ1n) is 9.33. The number of carbonyl (C=O) groups excluding carboxylic acids is 1. The van der Waals surface area contributed by atoms with Crippen molar-refractivity contribution >= 4 is 51.4 Å². The van der Waals surface area contributed by atoms with Crippen molar-refractivity contribution in [1.29, 1.82) is 0 Å². The molecule has 2 aromatic carbocycles. The summed E-state index contributed by atoms with van der Waals surface area (Å²) in [5.41, 5.74) is 5.99. The van der Waals surface area contributed by atoms with Crippen LogP contribution in [0.4, 0.5) is 0 Å². The van der Waals surface area contributed by atoms with Gasteiger partial charge in [-0.05, 0) is 55.8 Å². The van der Waals surface area contributed by atoms with E-state index in [2.05, 4.69) is 36.4 Å². The molecule has 1 heterocycles. The summed E-state index contributed by atoms with van der Waals surface area (Å²) in [6.45, 7) is 4.18. The van der Waals surface area contributed by atoms with Gasteiger partial charge < -0.3 is 4.74 Å². The highest BCUT2D eigenvalue weighted by Crippen LogP contribution is 2.23. The maximum atomic E-state index is 12.1. The second-order valence-electron chi connectivity index (χ2n) is 6.61. The lowest BCUT2D eigenvalue weighted by Gasteiger charge is -2.10. The molecule has 0 unspecified atom stereocenters.